The summed E-state index contributed by atoms with van der Waals surface area (Å²) in [6.07, 6.45) is 3.39. The molecule has 0 aliphatic heterocycles. The van der Waals surface area contributed by atoms with Gasteiger partial charge in [-0.2, -0.15) is 0 Å². The first-order valence-corrected chi connectivity index (χ1v) is 6.92. The smallest absolute Gasteiger partial charge is 0.0547 e. The maximum Gasteiger partial charge on any atom is 0.0547 e. The molecule has 1 fully saturated rings. The van der Waals surface area contributed by atoms with Crippen LogP contribution in [0.1, 0.15) is 39.0 Å². The molecule has 0 aromatic carbocycles. The Balaban J connectivity index is 2.44. The Hall–Kier alpha value is 0.150. The molecule has 3 unspecified atom stereocenters. The zero-order valence-electron chi connectivity index (χ0n) is 8.11. The molecule has 3 nitrogen and oxygen atoms in total. The van der Waals surface area contributed by atoms with Gasteiger partial charge in [-0.05, 0) is 31.8 Å². The topological polar surface area (TPSA) is 60.4 Å². The zero-order chi connectivity index (χ0) is 9.90. The van der Waals surface area contributed by atoms with Gasteiger partial charge in [0.15, 0.2) is 0 Å². The number of hydrogen-bond donors (Lipinski definition) is 1. The molecular formula is C9H18O3P-. The summed E-state index contributed by atoms with van der Waals surface area (Å²) >= 11 is 0. The van der Waals surface area contributed by atoms with Crippen LogP contribution < -0.4 is 4.89 Å². The molecule has 1 rings (SSSR count). The molecule has 0 aromatic rings. The summed E-state index contributed by atoms with van der Waals surface area (Å²) in [5.41, 5.74) is -0.242. The van der Waals surface area contributed by atoms with Crippen LogP contribution in [0.2, 0.25) is 0 Å². The Morgan fingerprint density at radius 3 is 2.69 bits per heavy atom. The van der Waals surface area contributed by atoms with E-state index in [9.17, 15) is 14.6 Å². The predicted molar refractivity (Wildman–Crippen MR) is 51.0 cm³/mol. The van der Waals surface area contributed by atoms with Gasteiger partial charge in [0.05, 0.1) is 6.10 Å². The second kappa shape index (κ2) is 4.59. The lowest BCUT2D eigenvalue weighted by atomic mass is 10.3. The Kier molecular flexibility index (Phi) is 3.96. The number of aliphatic hydroxyl groups is 1. The Bertz CT molecular complexity index is 205. The normalized spacial score (nSPS) is 33.2. The summed E-state index contributed by atoms with van der Waals surface area (Å²) in [7, 11) is -3.20. The van der Waals surface area contributed by atoms with Gasteiger partial charge in [-0.1, -0.05) is 13.3 Å². The molecule has 0 heterocycles. The van der Waals surface area contributed by atoms with E-state index in [1.165, 1.54) is 0 Å². The lowest BCUT2D eigenvalue weighted by molar-refractivity contribution is -0.177. The summed E-state index contributed by atoms with van der Waals surface area (Å²) in [6, 6.07) is 0. The molecule has 0 amide bonds. The van der Waals surface area contributed by atoms with Crippen molar-refractivity contribution in [3.63, 3.8) is 0 Å². The first kappa shape index (κ1) is 11.2. The minimum atomic E-state index is -3.20. The standard InChI is InChI=1S/C9H19O3P/c1-2-3-6-13(11,12)9-5-4-8(10)7-9/h8-10H,2-7H2,1H3,(H,11,12)/p-1. The molecule has 0 aromatic heterocycles. The van der Waals surface area contributed by atoms with Gasteiger partial charge in [0.2, 0.25) is 0 Å². The first-order chi connectivity index (χ1) is 6.06. The average Bonchev–Trinajstić information content (AvgIpc) is 2.49. The molecule has 4 heteroatoms. The van der Waals surface area contributed by atoms with Crippen LogP contribution in [-0.2, 0) is 4.57 Å². The minimum absolute atomic E-state index is 0.242. The fourth-order valence-electron chi connectivity index (χ4n) is 1.85. The van der Waals surface area contributed by atoms with Gasteiger partial charge in [-0.15, -0.1) is 0 Å². The second-order valence-corrected chi connectivity index (χ2v) is 6.55. The van der Waals surface area contributed by atoms with E-state index in [0.29, 0.717) is 25.4 Å². The fourth-order valence-corrected chi connectivity index (χ4v) is 4.08. The van der Waals surface area contributed by atoms with Crippen LogP contribution in [-0.4, -0.2) is 23.0 Å². The number of unbranched alkanes of at least 4 members (excludes halogenated alkanes) is 1. The monoisotopic (exact) mass is 205 g/mol. The Morgan fingerprint density at radius 1 is 1.54 bits per heavy atom. The highest BCUT2D eigenvalue weighted by Gasteiger charge is 2.30. The molecule has 1 aliphatic carbocycles. The van der Waals surface area contributed by atoms with Crippen LogP contribution in [0.25, 0.3) is 0 Å². The maximum atomic E-state index is 11.7. The lowest BCUT2D eigenvalue weighted by Gasteiger charge is -2.29. The largest absolute Gasteiger partial charge is 0.799 e. The highest BCUT2D eigenvalue weighted by molar-refractivity contribution is 7.57. The van der Waals surface area contributed by atoms with Gasteiger partial charge in [0.25, 0.3) is 0 Å². The van der Waals surface area contributed by atoms with Gasteiger partial charge in [0.1, 0.15) is 0 Å². The number of aliphatic hydroxyl groups excluding tert-OH is 1. The molecule has 0 radical (unpaired) electrons. The van der Waals surface area contributed by atoms with Crippen molar-refractivity contribution in [2.45, 2.75) is 50.8 Å². The van der Waals surface area contributed by atoms with Crippen molar-refractivity contribution in [2.75, 3.05) is 6.16 Å². The van der Waals surface area contributed by atoms with Crippen LogP contribution in [0, 0.1) is 0 Å². The molecule has 0 spiro atoms. The summed E-state index contributed by atoms with van der Waals surface area (Å²) in [6.45, 7) is 1.99. The van der Waals surface area contributed by atoms with Crippen LogP contribution in [0.5, 0.6) is 0 Å². The van der Waals surface area contributed by atoms with E-state index < -0.39 is 7.37 Å². The Morgan fingerprint density at radius 2 is 2.23 bits per heavy atom. The highest BCUT2D eigenvalue weighted by atomic mass is 31.2. The minimum Gasteiger partial charge on any atom is -0.799 e. The van der Waals surface area contributed by atoms with Gasteiger partial charge < -0.3 is 14.6 Å². The molecule has 1 N–H and O–H groups in total. The van der Waals surface area contributed by atoms with E-state index in [0.717, 1.165) is 12.8 Å². The van der Waals surface area contributed by atoms with Gasteiger partial charge in [-0.3, -0.25) is 0 Å². The predicted octanol–water partition coefficient (Wildman–Crippen LogP) is 1.34. The quantitative estimate of drug-likeness (QED) is 0.704. The van der Waals surface area contributed by atoms with Gasteiger partial charge >= 0.3 is 0 Å². The van der Waals surface area contributed by atoms with Crippen LogP contribution >= 0.6 is 7.37 Å². The van der Waals surface area contributed by atoms with Crippen molar-refractivity contribution in [1.29, 1.82) is 0 Å². The van der Waals surface area contributed by atoms with Crippen LogP contribution in [0.4, 0.5) is 0 Å². The molecule has 1 saturated carbocycles. The summed E-state index contributed by atoms with van der Waals surface area (Å²) in [5, 5.41) is 9.23. The average molecular weight is 205 g/mol. The number of hydrogen-bond acceptors (Lipinski definition) is 3. The fraction of sp³-hybridized carbons (Fsp3) is 1.00. The molecule has 0 saturated heterocycles. The van der Waals surface area contributed by atoms with Crippen molar-refractivity contribution in [3.8, 4) is 0 Å². The summed E-state index contributed by atoms with van der Waals surface area (Å²) in [4.78, 5) is 11.7. The van der Waals surface area contributed by atoms with Crippen LogP contribution in [0.3, 0.4) is 0 Å². The Labute approximate surface area is 79.6 Å². The third kappa shape index (κ3) is 3.08. The van der Waals surface area contributed by atoms with Crippen molar-refractivity contribution < 1.29 is 14.6 Å². The van der Waals surface area contributed by atoms with E-state index in [1.54, 1.807) is 0 Å². The molecular weight excluding hydrogens is 187 g/mol. The number of rotatable bonds is 4. The van der Waals surface area contributed by atoms with E-state index in [4.69, 9.17) is 0 Å². The van der Waals surface area contributed by atoms with E-state index in [-0.39, 0.29) is 11.8 Å². The van der Waals surface area contributed by atoms with Crippen molar-refractivity contribution in [2.24, 2.45) is 0 Å². The molecule has 1 aliphatic rings. The maximum absolute atomic E-state index is 11.7. The molecule has 13 heavy (non-hydrogen) atoms. The second-order valence-electron chi connectivity index (χ2n) is 3.92. The first-order valence-electron chi connectivity index (χ1n) is 5.04. The summed E-state index contributed by atoms with van der Waals surface area (Å²) < 4.78 is 11.7. The molecule has 78 valence electrons. The highest BCUT2D eigenvalue weighted by Crippen LogP contribution is 2.49. The lowest BCUT2D eigenvalue weighted by Crippen LogP contribution is -2.18. The van der Waals surface area contributed by atoms with E-state index >= 15 is 0 Å². The summed E-state index contributed by atoms with van der Waals surface area (Å²) in [5.74, 6) is 0. The van der Waals surface area contributed by atoms with Gasteiger partial charge in [0, 0.05) is 13.0 Å². The SMILES string of the molecule is CCCCP(=O)([O-])C1CCC(O)C1. The van der Waals surface area contributed by atoms with E-state index in [2.05, 4.69) is 0 Å². The van der Waals surface area contributed by atoms with Crippen molar-refractivity contribution in [3.05, 3.63) is 0 Å². The van der Waals surface area contributed by atoms with E-state index in [1.807, 2.05) is 6.92 Å². The third-order valence-corrected chi connectivity index (χ3v) is 5.28. The third-order valence-electron chi connectivity index (χ3n) is 2.76. The molecule has 3 atom stereocenters. The van der Waals surface area contributed by atoms with Crippen molar-refractivity contribution >= 4 is 7.37 Å². The van der Waals surface area contributed by atoms with Crippen LogP contribution in [0.15, 0.2) is 0 Å². The van der Waals surface area contributed by atoms with Crippen molar-refractivity contribution in [1.82, 2.24) is 0 Å². The zero-order valence-corrected chi connectivity index (χ0v) is 9.00. The molecule has 0 bridgehead atoms. The van der Waals surface area contributed by atoms with Gasteiger partial charge in [-0.25, -0.2) is 0 Å².